The van der Waals surface area contributed by atoms with E-state index in [1.165, 1.54) is 9.36 Å². The fraction of sp³-hybridized carbons (Fsp3) is 0.500. The van der Waals surface area contributed by atoms with Gasteiger partial charge in [-0.25, -0.2) is 9.36 Å². The first-order valence-electron chi connectivity index (χ1n) is 4.04. The average molecular weight is 326 g/mol. The third kappa shape index (κ3) is 1.72. The molecule has 0 N–H and O–H groups in total. The summed E-state index contributed by atoms with van der Waals surface area (Å²) in [5, 5.41) is 0. The number of nitrogens with zero attached hydrogens (tertiary/aromatic N) is 2. The van der Waals surface area contributed by atoms with Crippen LogP contribution >= 0.6 is 31.9 Å². The van der Waals surface area contributed by atoms with Gasteiger partial charge in [-0.1, -0.05) is 0 Å². The molecular weight excluding hydrogens is 316 g/mol. The summed E-state index contributed by atoms with van der Waals surface area (Å²) in [7, 11) is 1.57. The van der Waals surface area contributed by atoms with Crippen LogP contribution < -0.4 is 11.1 Å². The van der Waals surface area contributed by atoms with E-state index in [1.54, 1.807) is 7.05 Å². The molecule has 0 spiro atoms. The molecule has 0 aromatic carbocycles. The standard InChI is InChI=1S/C8H10Br2N2O2/c1-4(2)12-8(14)6(10)5(9)7(13)11(12)3/h4H,1-3H3. The van der Waals surface area contributed by atoms with Crippen LogP contribution in [-0.2, 0) is 7.05 Å². The highest BCUT2D eigenvalue weighted by Gasteiger charge is 2.14. The van der Waals surface area contributed by atoms with E-state index in [1.807, 2.05) is 13.8 Å². The molecule has 0 aliphatic heterocycles. The Bertz CT molecular complexity index is 473. The first kappa shape index (κ1) is 11.7. The number of hydrogen-bond donors (Lipinski definition) is 0. The highest BCUT2D eigenvalue weighted by Crippen LogP contribution is 2.14. The van der Waals surface area contributed by atoms with Crippen molar-refractivity contribution in [3.05, 3.63) is 29.7 Å². The molecule has 1 aromatic heterocycles. The maximum absolute atomic E-state index is 11.7. The molecule has 0 fully saturated rings. The number of rotatable bonds is 1. The summed E-state index contributed by atoms with van der Waals surface area (Å²) in [6.07, 6.45) is 0. The van der Waals surface area contributed by atoms with Gasteiger partial charge in [0.15, 0.2) is 0 Å². The molecule has 1 rings (SSSR count). The lowest BCUT2D eigenvalue weighted by molar-refractivity contribution is 0.408. The van der Waals surface area contributed by atoms with Crippen molar-refractivity contribution in [2.75, 3.05) is 0 Å². The van der Waals surface area contributed by atoms with E-state index in [0.29, 0.717) is 0 Å². The van der Waals surface area contributed by atoms with Crippen molar-refractivity contribution in [1.29, 1.82) is 0 Å². The Morgan fingerprint density at radius 2 is 1.50 bits per heavy atom. The normalized spacial score (nSPS) is 11.0. The van der Waals surface area contributed by atoms with Crippen LogP contribution in [0.5, 0.6) is 0 Å². The van der Waals surface area contributed by atoms with Gasteiger partial charge < -0.3 is 0 Å². The molecule has 6 heteroatoms. The van der Waals surface area contributed by atoms with Crippen LogP contribution in [0.2, 0.25) is 0 Å². The largest absolute Gasteiger partial charge is 0.281 e. The molecule has 0 saturated carbocycles. The third-order valence-electron chi connectivity index (χ3n) is 1.88. The van der Waals surface area contributed by atoms with Gasteiger partial charge in [0.1, 0.15) is 8.95 Å². The van der Waals surface area contributed by atoms with Crippen LogP contribution in [0, 0.1) is 0 Å². The number of hydrogen-bond acceptors (Lipinski definition) is 2. The van der Waals surface area contributed by atoms with Gasteiger partial charge in [-0.3, -0.25) is 9.59 Å². The van der Waals surface area contributed by atoms with E-state index in [9.17, 15) is 9.59 Å². The molecule has 4 nitrogen and oxygen atoms in total. The van der Waals surface area contributed by atoms with Crippen molar-refractivity contribution >= 4 is 31.9 Å². The molecule has 0 aliphatic rings. The minimum Gasteiger partial charge on any atom is -0.267 e. The monoisotopic (exact) mass is 324 g/mol. The minimum atomic E-state index is -0.231. The Balaban J connectivity index is 3.79. The van der Waals surface area contributed by atoms with Gasteiger partial charge in [-0.2, -0.15) is 0 Å². The van der Waals surface area contributed by atoms with Crippen LogP contribution in [0.3, 0.4) is 0 Å². The van der Waals surface area contributed by atoms with E-state index in [4.69, 9.17) is 0 Å². The summed E-state index contributed by atoms with van der Waals surface area (Å²) in [5.41, 5.74) is -0.445. The predicted octanol–water partition coefficient (Wildman–Crippen LogP) is 1.65. The first-order chi connectivity index (χ1) is 6.37. The van der Waals surface area contributed by atoms with Gasteiger partial charge >= 0.3 is 0 Å². The van der Waals surface area contributed by atoms with Crippen molar-refractivity contribution < 1.29 is 0 Å². The lowest BCUT2D eigenvalue weighted by Gasteiger charge is -2.15. The van der Waals surface area contributed by atoms with E-state index in [2.05, 4.69) is 31.9 Å². The van der Waals surface area contributed by atoms with Crippen molar-refractivity contribution in [1.82, 2.24) is 9.36 Å². The molecule has 0 radical (unpaired) electrons. The fourth-order valence-electron chi connectivity index (χ4n) is 1.25. The zero-order valence-corrected chi connectivity index (χ0v) is 11.2. The molecule has 0 bridgehead atoms. The molecule has 14 heavy (non-hydrogen) atoms. The SMILES string of the molecule is CC(C)n1c(=O)c(Br)c(Br)c(=O)n1C. The lowest BCUT2D eigenvalue weighted by atomic mass is 10.4. The van der Waals surface area contributed by atoms with Gasteiger partial charge in [0.25, 0.3) is 11.1 Å². The highest BCUT2D eigenvalue weighted by atomic mass is 79.9. The number of aromatic nitrogens is 2. The second-order valence-electron chi connectivity index (χ2n) is 3.20. The molecule has 0 saturated heterocycles. The summed E-state index contributed by atoms with van der Waals surface area (Å²) < 4.78 is 3.25. The quantitative estimate of drug-likeness (QED) is 0.788. The van der Waals surface area contributed by atoms with Crippen molar-refractivity contribution in [2.24, 2.45) is 7.05 Å². The van der Waals surface area contributed by atoms with Gasteiger partial charge in [0, 0.05) is 13.1 Å². The molecule has 1 heterocycles. The molecule has 0 aliphatic carbocycles. The zero-order valence-electron chi connectivity index (χ0n) is 8.04. The van der Waals surface area contributed by atoms with Crippen LogP contribution in [0.4, 0.5) is 0 Å². The van der Waals surface area contributed by atoms with Gasteiger partial charge in [-0.05, 0) is 45.7 Å². The van der Waals surface area contributed by atoms with Gasteiger partial charge in [0.2, 0.25) is 0 Å². The van der Waals surface area contributed by atoms with Crippen LogP contribution in [0.15, 0.2) is 18.5 Å². The maximum Gasteiger partial charge on any atom is 0.281 e. The predicted molar refractivity (Wildman–Crippen MR) is 61.7 cm³/mol. The topological polar surface area (TPSA) is 44.0 Å². The summed E-state index contributed by atoms with van der Waals surface area (Å²) in [6.45, 7) is 3.70. The van der Waals surface area contributed by atoms with Crippen molar-refractivity contribution in [3.8, 4) is 0 Å². The number of halogens is 2. The van der Waals surface area contributed by atoms with E-state index >= 15 is 0 Å². The third-order valence-corrected chi connectivity index (χ3v) is 3.89. The van der Waals surface area contributed by atoms with Crippen LogP contribution in [0.1, 0.15) is 19.9 Å². The molecular formula is C8H10Br2N2O2. The maximum atomic E-state index is 11.7. The molecule has 1 aromatic rings. The summed E-state index contributed by atoms with van der Waals surface area (Å²) in [6, 6.07) is -0.0513. The van der Waals surface area contributed by atoms with Gasteiger partial charge in [-0.15, -0.1) is 0 Å². The second-order valence-corrected chi connectivity index (χ2v) is 4.79. The van der Waals surface area contributed by atoms with Crippen LogP contribution in [0.25, 0.3) is 0 Å². The Morgan fingerprint density at radius 3 is 1.93 bits per heavy atom. The summed E-state index contributed by atoms with van der Waals surface area (Å²) >= 11 is 6.16. The average Bonchev–Trinajstić information content (AvgIpc) is 2.11. The van der Waals surface area contributed by atoms with Crippen LogP contribution in [-0.4, -0.2) is 9.36 Å². The minimum absolute atomic E-state index is 0.0513. The Hall–Kier alpha value is -0.360. The van der Waals surface area contributed by atoms with Gasteiger partial charge in [0.05, 0.1) is 0 Å². The molecule has 78 valence electrons. The Kier molecular flexibility index (Phi) is 3.36. The fourth-order valence-corrected chi connectivity index (χ4v) is 2.02. The molecule has 0 unspecified atom stereocenters. The summed E-state index contributed by atoms with van der Waals surface area (Å²) in [4.78, 5) is 23.3. The smallest absolute Gasteiger partial charge is 0.267 e. The first-order valence-corrected chi connectivity index (χ1v) is 5.63. The highest BCUT2D eigenvalue weighted by molar-refractivity contribution is 9.13. The molecule has 0 amide bonds. The lowest BCUT2D eigenvalue weighted by Crippen LogP contribution is -2.38. The molecule has 0 atom stereocenters. The van der Waals surface area contributed by atoms with E-state index in [0.717, 1.165) is 0 Å². The van der Waals surface area contributed by atoms with Crippen molar-refractivity contribution in [2.45, 2.75) is 19.9 Å². The Labute approximate surface area is 97.8 Å². The van der Waals surface area contributed by atoms with Crippen molar-refractivity contribution in [3.63, 3.8) is 0 Å². The van der Waals surface area contributed by atoms with E-state index < -0.39 is 0 Å². The second kappa shape index (κ2) is 4.02. The zero-order chi connectivity index (χ0) is 11.0. The summed E-state index contributed by atoms with van der Waals surface area (Å²) in [5.74, 6) is 0. The van der Waals surface area contributed by atoms with E-state index in [-0.39, 0.29) is 26.1 Å². The Morgan fingerprint density at radius 1 is 1.07 bits per heavy atom.